The summed E-state index contributed by atoms with van der Waals surface area (Å²) >= 11 is 0. The van der Waals surface area contributed by atoms with Crippen LogP contribution in [-0.4, -0.2) is 38.0 Å². The molecule has 2 aliphatic rings. The predicted octanol–water partition coefficient (Wildman–Crippen LogP) is 1.13. The van der Waals surface area contributed by atoms with E-state index in [1.807, 2.05) is 6.92 Å². The van der Waals surface area contributed by atoms with Gasteiger partial charge < -0.3 is 14.2 Å². The van der Waals surface area contributed by atoms with Gasteiger partial charge in [0, 0.05) is 19.4 Å². The van der Waals surface area contributed by atoms with E-state index in [-0.39, 0.29) is 17.8 Å². The van der Waals surface area contributed by atoms with Crippen molar-refractivity contribution in [2.24, 2.45) is 5.92 Å². The van der Waals surface area contributed by atoms with Crippen LogP contribution in [0.5, 0.6) is 0 Å². The molecule has 4 heteroatoms. The summed E-state index contributed by atoms with van der Waals surface area (Å²) in [6.45, 7) is 2.91. The predicted molar refractivity (Wildman–Crippen MR) is 53.5 cm³/mol. The zero-order valence-corrected chi connectivity index (χ0v) is 9.32. The molecule has 2 saturated heterocycles. The van der Waals surface area contributed by atoms with Gasteiger partial charge in [-0.15, -0.1) is 0 Å². The molecule has 1 spiro atoms. The Hall–Kier alpha value is -0.450. The van der Waals surface area contributed by atoms with E-state index >= 15 is 0 Å². The molecule has 2 aliphatic heterocycles. The second kappa shape index (κ2) is 4.20. The topological polar surface area (TPSA) is 44.8 Å². The lowest BCUT2D eigenvalue weighted by molar-refractivity contribution is -0.285. The van der Waals surface area contributed by atoms with Gasteiger partial charge in [-0.25, -0.2) is 0 Å². The first kappa shape index (κ1) is 11.0. The summed E-state index contributed by atoms with van der Waals surface area (Å²) in [5.41, 5.74) is 0. The van der Waals surface area contributed by atoms with Crippen LogP contribution in [0.2, 0.25) is 0 Å². The highest BCUT2D eigenvalue weighted by atomic mass is 16.7. The number of carbonyl (C=O) groups is 1. The molecule has 86 valence electrons. The third-order valence-corrected chi connectivity index (χ3v) is 3.30. The van der Waals surface area contributed by atoms with Gasteiger partial charge in [-0.05, 0) is 6.42 Å². The average molecular weight is 214 g/mol. The lowest BCUT2D eigenvalue weighted by atomic mass is 9.91. The van der Waals surface area contributed by atoms with Crippen molar-refractivity contribution in [2.75, 3.05) is 20.3 Å². The van der Waals surface area contributed by atoms with Crippen LogP contribution < -0.4 is 0 Å². The Bertz CT molecular complexity index is 243. The number of methoxy groups -OCH3 is 1. The lowest BCUT2D eigenvalue weighted by Gasteiger charge is -2.42. The van der Waals surface area contributed by atoms with Crippen molar-refractivity contribution in [2.45, 2.75) is 38.1 Å². The Morgan fingerprint density at radius 2 is 2.13 bits per heavy atom. The number of Topliss-reactive ketones (excluding diaryl/α,β-unsaturated/α-hetero) is 1. The minimum absolute atomic E-state index is 0.0133. The minimum atomic E-state index is -0.640. The largest absolute Gasteiger partial charge is 0.379 e. The molecule has 0 bridgehead atoms. The summed E-state index contributed by atoms with van der Waals surface area (Å²) in [5, 5.41) is 0. The van der Waals surface area contributed by atoms with Crippen LogP contribution in [0.15, 0.2) is 0 Å². The Morgan fingerprint density at radius 1 is 1.40 bits per heavy atom. The van der Waals surface area contributed by atoms with E-state index in [4.69, 9.17) is 14.2 Å². The zero-order valence-electron chi connectivity index (χ0n) is 9.32. The molecule has 0 N–H and O–H groups in total. The number of ketones is 1. The van der Waals surface area contributed by atoms with Gasteiger partial charge in [0.25, 0.3) is 0 Å². The van der Waals surface area contributed by atoms with E-state index in [1.165, 1.54) is 0 Å². The van der Waals surface area contributed by atoms with Crippen LogP contribution in [0, 0.1) is 5.92 Å². The first-order chi connectivity index (χ1) is 7.15. The number of carbonyl (C=O) groups excluding carboxylic acids is 1. The van der Waals surface area contributed by atoms with Crippen molar-refractivity contribution in [3.8, 4) is 0 Å². The standard InChI is InChI=1S/C11H18O4/c1-8-6-14-11(5-10(8)12)4-3-9(13-2)7-15-11/h8-9H,3-7H2,1-2H3/t8-,9-,11-/m0/s1. The van der Waals surface area contributed by atoms with Crippen molar-refractivity contribution in [1.82, 2.24) is 0 Å². The van der Waals surface area contributed by atoms with Gasteiger partial charge >= 0.3 is 0 Å². The van der Waals surface area contributed by atoms with E-state index < -0.39 is 5.79 Å². The molecule has 0 aromatic rings. The van der Waals surface area contributed by atoms with Gasteiger partial charge in [0.15, 0.2) is 5.79 Å². The molecule has 0 aromatic carbocycles. The number of ether oxygens (including phenoxy) is 3. The van der Waals surface area contributed by atoms with Crippen LogP contribution >= 0.6 is 0 Å². The molecule has 4 nitrogen and oxygen atoms in total. The molecule has 15 heavy (non-hydrogen) atoms. The van der Waals surface area contributed by atoms with Crippen molar-refractivity contribution in [3.05, 3.63) is 0 Å². The SMILES string of the molecule is CO[C@H]1CC[C@@]2(CC(=O)[C@@H](C)CO2)OC1. The smallest absolute Gasteiger partial charge is 0.175 e. The third-order valence-electron chi connectivity index (χ3n) is 3.30. The lowest BCUT2D eigenvalue weighted by Crippen LogP contribution is -2.50. The van der Waals surface area contributed by atoms with Gasteiger partial charge in [-0.3, -0.25) is 4.79 Å². The Balaban J connectivity index is 1.95. The van der Waals surface area contributed by atoms with Crippen molar-refractivity contribution < 1.29 is 19.0 Å². The molecule has 0 radical (unpaired) electrons. The molecule has 0 amide bonds. The molecule has 0 aromatic heterocycles. The fraction of sp³-hybridized carbons (Fsp3) is 0.909. The summed E-state index contributed by atoms with van der Waals surface area (Å²) in [6.07, 6.45) is 2.20. The summed E-state index contributed by atoms with van der Waals surface area (Å²) in [4.78, 5) is 11.6. The normalized spacial score (nSPS) is 42.1. The maximum absolute atomic E-state index is 11.6. The second-order valence-corrected chi connectivity index (χ2v) is 4.47. The first-order valence-corrected chi connectivity index (χ1v) is 5.49. The Morgan fingerprint density at radius 3 is 2.67 bits per heavy atom. The monoisotopic (exact) mass is 214 g/mol. The number of rotatable bonds is 1. The van der Waals surface area contributed by atoms with E-state index in [0.717, 1.165) is 12.8 Å². The molecule has 0 aliphatic carbocycles. The van der Waals surface area contributed by atoms with Gasteiger partial charge in [0.2, 0.25) is 0 Å². The minimum Gasteiger partial charge on any atom is -0.379 e. The highest BCUT2D eigenvalue weighted by molar-refractivity contribution is 5.82. The fourth-order valence-electron chi connectivity index (χ4n) is 2.08. The van der Waals surface area contributed by atoms with Crippen molar-refractivity contribution in [1.29, 1.82) is 0 Å². The average Bonchev–Trinajstić information content (AvgIpc) is 2.26. The molecule has 2 heterocycles. The molecular weight excluding hydrogens is 196 g/mol. The van der Waals surface area contributed by atoms with Gasteiger partial charge in [0.05, 0.1) is 25.7 Å². The fourth-order valence-corrected chi connectivity index (χ4v) is 2.08. The van der Waals surface area contributed by atoms with Crippen LogP contribution in [0.25, 0.3) is 0 Å². The molecule has 3 atom stereocenters. The molecule has 2 fully saturated rings. The van der Waals surface area contributed by atoms with E-state index in [2.05, 4.69) is 0 Å². The van der Waals surface area contributed by atoms with Crippen molar-refractivity contribution in [3.63, 3.8) is 0 Å². The summed E-state index contributed by atoms with van der Waals surface area (Å²) < 4.78 is 16.6. The van der Waals surface area contributed by atoms with Crippen LogP contribution in [-0.2, 0) is 19.0 Å². The van der Waals surface area contributed by atoms with Crippen LogP contribution in [0.3, 0.4) is 0 Å². The maximum Gasteiger partial charge on any atom is 0.175 e. The Labute approximate surface area is 89.9 Å². The summed E-state index contributed by atoms with van der Waals surface area (Å²) in [6, 6.07) is 0. The quantitative estimate of drug-likeness (QED) is 0.656. The molecule has 0 unspecified atom stereocenters. The number of hydrogen-bond acceptors (Lipinski definition) is 4. The zero-order chi connectivity index (χ0) is 10.9. The second-order valence-electron chi connectivity index (χ2n) is 4.47. The highest BCUT2D eigenvalue weighted by Crippen LogP contribution is 2.35. The first-order valence-electron chi connectivity index (χ1n) is 5.49. The van der Waals surface area contributed by atoms with Crippen LogP contribution in [0.4, 0.5) is 0 Å². The van der Waals surface area contributed by atoms with Gasteiger partial charge in [-0.1, -0.05) is 6.92 Å². The number of hydrogen-bond donors (Lipinski definition) is 0. The van der Waals surface area contributed by atoms with E-state index in [0.29, 0.717) is 19.6 Å². The summed E-state index contributed by atoms with van der Waals surface area (Å²) in [7, 11) is 1.68. The summed E-state index contributed by atoms with van der Waals surface area (Å²) in [5.74, 6) is -0.380. The third kappa shape index (κ3) is 2.22. The van der Waals surface area contributed by atoms with Crippen molar-refractivity contribution >= 4 is 5.78 Å². The Kier molecular flexibility index (Phi) is 3.09. The maximum atomic E-state index is 11.6. The van der Waals surface area contributed by atoms with E-state index in [1.54, 1.807) is 7.11 Å². The van der Waals surface area contributed by atoms with Gasteiger partial charge in [0.1, 0.15) is 5.78 Å². The van der Waals surface area contributed by atoms with E-state index in [9.17, 15) is 4.79 Å². The molecular formula is C11H18O4. The molecule has 0 saturated carbocycles. The highest BCUT2D eigenvalue weighted by Gasteiger charge is 2.43. The molecule has 2 rings (SSSR count). The van der Waals surface area contributed by atoms with Gasteiger partial charge in [-0.2, -0.15) is 0 Å². The van der Waals surface area contributed by atoms with Crippen LogP contribution in [0.1, 0.15) is 26.2 Å².